The van der Waals surface area contributed by atoms with E-state index in [0.29, 0.717) is 5.54 Å². The van der Waals surface area contributed by atoms with Gasteiger partial charge in [0, 0.05) is 23.8 Å². The summed E-state index contributed by atoms with van der Waals surface area (Å²) in [5, 5.41) is 0. The summed E-state index contributed by atoms with van der Waals surface area (Å²) < 4.78 is 5.71. The first-order valence-corrected chi connectivity index (χ1v) is 6.81. The van der Waals surface area contributed by atoms with Gasteiger partial charge >= 0.3 is 0 Å². The van der Waals surface area contributed by atoms with Gasteiger partial charge in [-0.1, -0.05) is 6.07 Å². The first-order valence-electron chi connectivity index (χ1n) is 6.81. The van der Waals surface area contributed by atoms with Crippen LogP contribution in [0.15, 0.2) is 24.3 Å². The minimum atomic E-state index is 0.372. The summed E-state index contributed by atoms with van der Waals surface area (Å²) in [6.45, 7) is 7.77. The normalized spacial score (nSPS) is 19.0. The van der Waals surface area contributed by atoms with Gasteiger partial charge in [-0.05, 0) is 51.8 Å². The molecule has 0 amide bonds. The number of nitrogen functional groups attached to an aromatic ring is 1. The molecule has 1 saturated heterocycles. The second-order valence-electron chi connectivity index (χ2n) is 5.68. The zero-order chi connectivity index (χ0) is 13.0. The standard InChI is InChI=1S/C15H24N2O/c1-15(2)8-4-9-17(15)10-5-11-18-14-7-3-6-13(16)12-14/h3,6-7,12H,4-5,8-11,16H2,1-2H3. The smallest absolute Gasteiger partial charge is 0.121 e. The van der Waals surface area contributed by atoms with E-state index in [1.165, 1.54) is 19.4 Å². The maximum Gasteiger partial charge on any atom is 0.121 e. The van der Waals surface area contributed by atoms with Crippen molar-refractivity contribution in [2.24, 2.45) is 0 Å². The van der Waals surface area contributed by atoms with Crippen molar-refractivity contribution in [3.05, 3.63) is 24.3 Å². The lowest BCUT2D eigenvalue weighted by molar-refractivity contribution is 0.160. The van der Waals surface area contributed by atoms with E-state index < -0.39 is 0 Å². The highest BCUT2D eigenvalue weighted by Crippen LogP contribution is 2.27. The summed E-state index contributed by atoms with van der Waals surface area (Å²) in [7, 11) is 0. The Morgan fingerprint density at radius 1 is 1.39 bits per heavy atom. The molecule has 0 bridgehead atoms. The van der Waals surface area contributed by atoms with E-state index in [1.807, 2.05) is 24.3 Å². The third-order valence-electron chi connectivity index (χ3n) is 3.77. The first kappa shape index (κ1) is 13.2. The molecule has 1 aliphatic rings. The van der Waals surface area contributed by atoms with E-state index in [2.05, 4.69) is 18.7 Å². The van der Waals surface area contributed by atoms with Crippen molar-refractivity contribution in [1.82, 2.24) is 4.90 Å². The van der Waals surface area contributed by atoms with Gasteiger partial charge in [0.2, 0.25) is 0 Å². The predicted molar refractivity (Wildman–Crippen MR) is 75.9 cm³/mol. The number of hydrogen-bond acceptors (Lipinski definition) is 3. The summed E-state index contributed by atoms with van der Waals surface area (Å²) in [5.41, 5.74) is 6.84. The van der Waals surface area contributed by atoms with Gasteiger partial charge in [0.25, 0.3) is 0 Å². The molecule has 2 rings (SSSR count). The maximum absolute atomic E-state index is 5.71. The van der Waals surface area contributed by atoms with Crippen molar-refractivity contribution in [3.63, 3.8) is 0 Å². The Bertz CT molecular complexity index is 390. The summed E-state index contributed by atoms with van der Waals surface area (Å²) in [5.74, 6) is 0.871. The Hall–Kier alpha value is -1.22. The van der Waals surface area contributed by atoms with Crippen LogP contribution < -0.4 is 10.5 Å². The molecule has 3 heteroatoms. The van der Waals surface area contributed by atoms with Gasteiger partial charge in [-0.2, -0.15) is 0 Å². The minimum Gasteiger partial charge on any atom is -0.493 e. The highest BCUT2D eigenvalue weighted by atomic mass is 16.5. The van der Waals surface area contributed by atoms with Gasteiger partial charge in [-0.25, -0.2) is 0 Å². The van der Waals surface area contributed by atoms with E-state index in [4.69, 9.17) is 10.5 Å². The lowest BCUT2D eigenvalue weighted by Crippen LogP contribution is -2.39. The third-order valence-corrected chi connectivity index (χ3v) is 3.77. The highest BCUT2D eigenvalue weighted by Gasteiger charge is 2.30. The predicted octanol–water partition coefficient (Wildman–Crippen LogP) is 2.91. The number of anilines is 1. The second-order valence-corrected chi connectivity index (χ2v) is 5.68. The molecule has 1 heterocycles. The average Bonchev–Trinajstić information content (AvgIpc) is 2.64. The molecule has 0 aromatic heterocycles. The minimum absolute atomic E-state index is 0.372. The van der Waals surface area contributed by atoms with Crippen molar-refractivity contribution in [1.29, 1.82) is 0 Å². The molecule has 0 aliphatic carbocycles. The first-order chi connectivity index (χ1) is 8.58. The van der Waals surface area contributed by atoms with Crippen LogP contribution in [0.1, 0.15) is 33.1 Å². The maximum atomic E-state index is 5.71. The number of hydrogen-bond donors (Lipinski definition) is 1. The van der Waals surface area contributed by atoms with Crippen molar-refractivity contribution in [2.45, 2.75) is 38.6 Å². The fourth-order valence-electron chi connectivity index (χ4n) is 2.63. The van der Waals surface area contributed by atoms with Crippen molar-refractivity contribution in [2.75, 3.05) is 25.4 Å². The Morgan fingerprint density at radius 3 is 2.89 bits per heavy atom. The largest absolute Gasteiger partial charge is 0.493 e. The number of ether oxygens (including phenoxy) is 1. The van der Waals surface area contributed by atoms with E-state index in [-0.39, 0.29) is 0 Å². The average molecular weight is 248 g/mol. The van der Waals surface area contributed by atoms with Crippen molar-refractivity contribution < 1.29 is 4.74 Å². The van der Waals surface area contributed by atoms with Gasteiger partial charge in [0.15, 0.2) is 0 Å². The fraction of sp³-hybridized carbons (Fsp3) is 0.600. The summed E-state index contributed by atoms with van der Waals surface area (Å²) >= 11 is 0. The molecule has 1 aromatic carbocycles. The number of rotatable bonds is 5. The van der Waals surface area contributed by atoms with Gasteiger partial charge in [-0.3, -0.25) is 4.90 Å². The van der Waals surface area contributed by atoms with E-state index in [9.17, 15) is 0 Å². The zero-order valence-electron chi connectivity index (χ0n) is 11.5. The van der Waals surface area contributed by atoms with Gasteiger partial charge in [-0.15, -0.1) is 0 Å². The van der Waals surface area contributed by atoms with Crippen molar-refractivity contribution >= 4 is 5.69 Å². The van der Waals surface area contributed by atoms with Crippen molar-refractivity contribution in [3.8, 4) is 5.75 Å². The zero-order valence-corrected chi connectivity index (χ0v) is 11.5. The molecule has 0 atom stereocenters. The molecule has 1 aliphatic heterocycles. The topological polar surface area (TPSA) is 38.5 Å². The van der Waals surface area contributed by atoms with Gasteiger partial charge in [0.1, 0.15) is 5.75 Å². The molecule has 0 radical (unpaired) electrons. The van der Waals surface area contributed by atoms with Crippen LogP contribution in [0.2, 0.25) is 0 Å². The van der Waals surface area contributed by atoms with Crippen LogP contribution in [0.5, 0.6) is 5.75 Å². The van der Waals surface area contributed by atoms with Crippen LogP contribution >= 0.6 is 0 Å². The molecule has 0 spiro atoms. The lowest BCUT2D eigenvalue weighted by atomic mass is 10.0. The summed E-state index contributed by atoms with van der Waals surface area (Å²) in [4.78, 5) is 2.57. The fourth-order valence-corrected chi connectivity index (χ4v) is 2.63. The Morgan fingerprint density at radius 2 is 2.22 bits per heavy atom. The summed E-state index contributed by atoms with van der Waals surface area (Å²) in [6, 6.07) is 7.63. The molecule has 100 valence electrons. The SMILES string of the molecule is CC1(C)CCCN1CCCOc1cccc(N)c1. The van der Waals surface area contributed by atoms with Crippen LogP contribution in [0.4, 0.5) is 5.69 Å². The Kier molecular flexibility index (Phi) is 4.12. The molecule has 1 fully saturated rings. The molecular weight excluding hydrogens is 224 g/mol. The number of nitrogens with zero attached hydrogens (tertiary/aromatic N) is 1. The molecule has 18 heavy (non-hydrogen) atoms. The van der Waals surface area contributed by atoms with Crippen LogP contribution in [0, 0.1) is 0 Å². The third kappa shape index (κ3) is 3.39. The van der Waals surface area contributed by atoms with Crippen LogP contribution in [-0.2, 0) is 0 Å². The monoisotopic (exact) mass is 248 g/mol. The second kappa shape index (κ2) is 5.61. The molecular formula is C15H24N2O. The molecule has 3 nitrogen and oxygen atoms in total. The molecule has 2 N–H and O–H groups in total. The molecule has 0 saturated carbocycles. The summed E-state index contributed by atoms with van der Waals surface area (Å²) in [6.07, 6.45) is 3.70. The number of likely N-dealkylation sites (tertiary alicyclic amines) is 1. The molecule has 1 aromatic rings. The van der Waals surface area contributed by atoms with Crippen LogP contribution in [-0.4, -0.2) is 30.1 Å². The van der Waals surface area contributed by atoms with Gasteiger partial charge in [0.05, 0.1) is 6.61 Å². The Labute approximate surface area is 110 Å². The van der Waals surface area contributed by atoms with Crippen LogP contribution in [0.3, 0.4) is 0 Å². The van der Waals surface area contributed by atoms with E-state index in [0.717, 1.165) is 31.0 Å². The molecule has 0 unspecified atom stereocenters. The highest BCUT2D eigenvalue weighted by molar-refractivity contribution is 5.43. The number of benzene rings is 1. The van der Waals surface area contributed by atoms with Crippen LogP contribution in [0.25, 0.3) is 0 Å². The number of nitrogens with two attached hydrogens (primary N) is 1. The Balaban J connectivity index is 1.70. The van der Waals surface area contributed by atoms with E-state index >= 15 is 0 Å². The van der Waals surface area contributed by atoms with Gasteiger partial charge < -0.3 is 10.5 Å². The quantitative estimate of drug-likeness (QED) is 0.643. The lowest BCUT2D eigenvalue weighted by Gasteiger charge is -2.31. The van der Waals surface area contributed by atoms with E-state index in [1.54, 1.807) is 0 Å².